The van der Waals surface area contributed by atoms with Crippen molar-refractivity contribution in [2.75, 3.05) is 5.75 Å². The molecule has 4 heteroatoms. The van der Waals surface area contributed by atoms with Crippen LogP contribution in [0.2, 0.25) is 0 Å². The number of carbonyl (C=O) groups excluding carboxylic acids is 1. The first-order chi connectivity index (χ1) is 3.63. The molecule has 0 saturated heterocycles. The summed E-state index contributed by atoms with van der Waals surface area (Å²) in [7, 11) is 0. The fourth-order valence-corrected chi connectivity index (χ4v) is 0.681. The second-order valence-corrected chi connectivity index (χ2v) is 2.48. The first-order valence-electron chi connectivity index (χ1n) is 2.18. The van der Waals surface area contributed by atoms with E-state index in [2.05, 4.69) is 0 Å². The molecule has 48 valence electrons. The van der Waals surface area contributed by atoms with Crippen molar-refractivity contribution in [3.63, 3.8) is 0 Å². The van der Waals surface area contributed by atoms with E-state index in [1.54, 1.807) is 0 Å². The van der Waals surface area contributed by atoms with Crippen LogP contribution >= 0.6 is 0 Å². The van der Waals surface area contributed by atoms with Gasteiger partial charge >= 0.3 is 0 Å². The van der Waals surface area contributed by atoms with E-state index >= 15 is 0 Å². The van der Waals surface area contributed by atoms with E-state index in [4.69, 9.17) is 0 Å². The number of ketones is 1. The van der Waals surface area contributed by atoms with Gasteiger partial charge in [0.2, 0.25) is 0 Å². The highest BCUT2D eigenvalue weighted by Crippen LogP contribution is 1.83. The first kappa shape index (κ1) is 7.78. The molecule has 0 fully saturated rings. The Balaban J connectivity index is 3.18. The molecule has 0 rings (SSSR count). The Bertz CT molecular complexity index is 95.9. The summed E-state index contributed by atoms with van der Waals surface area (Å²) in [5, 5.41) is 0. The zero-order valence-corrected chi connectivity index (χ0v) is 5.36. The average Bonchev–Trinajstić information content (AvgIpc) is 1.61. The van der Waals surface area contributed by atoms with Gasteiger partial charge in [-0.25, -0.2) is 0 Å². The monoisotopic (exact) mass is 135 g/mol. The van der Waals surface area contributed by atoms with E-state index in [9.17, 15) is 13.6 Å². The van der Waals surface area contributed by atoms with Crippen LogP contribution in [-0.4, -0.2) is 20.3 Å². The van der Waals surface area contributed by atoms with Crippen LogP contribution in [-0.2, 0) is 15.9 Å². The molecule has 0 heterocycles. The van der Waals surface area contributed by atoms with Crippen LogP contribution in [0.4, 0.5) is 0 Å². The summed E-state index contributed by atoms with van der Waals surface area (Å²) in [6.45, 7) is 1.37. The lowest BCUT2D eigenvalue weighted by atomic mass is 10.4. The summed E-state index contributed by atoms with van der Waals surface area (Å²) in [4.78, 5) is 10.1. The molecule has 0 spiro atoms. The molecule has 0 aromatic heterocycles. The largest absolute Gasteiger partial charge is 0.772 e. The first-order valence-corrected chi connectivity index (χ1v) is 3.42. The number of hydrogen-bond acceptors (Lipinski definition) is 3. The predicted octanol–water partition coefficient (Wildman–Crippen LogP) is -0.155. The van der Waals surface area contributed by atoms with Gasteiger partial charge in [-0.1, -0.05) is 11.1 Å². The van der Waals surface area contributed by atoms with Crippen molar-refractivity contribution >= 4 is 16.9 Å². The lowest BCUT2D eigenvalue weighted by molar-refractivity contribution is -0.116. The quantitative estimate of drug-likeness (QED) is 0.505. The normalized spacial score (nSPS) is 13.2. The third-order valence-corrected chi connectivity index (χ3v) is 1.16. The highest BCUT2D eigenvalue weighted by Gasteiger charge is 1.90. The van der Waals surface area contributed by atoms with Gasteiger partial charge in [-0.2, -0.15) is 0 Å². The number of hydrogen-bond donors (Lipinski definition) is 0. The van der Waals surface area contributed by atoms with Gasteiger partial charge in [0, 0.05) is 12.2 Å². The Labute approximate surface area is 50.4 Å². The maximum absolute atomic E-state index is 10.1. The molecular formula is C4H7O3S-. The van der Waals surface area contributed by atoms with Crippen molar-refractivity contribution in [1.82, 2.24) is 0 Å². The zero-order valence-electron chi connectivity index (χ0n) is 4.55. The standard InChI is InChI=1S/C4H8O3S/c1-4(5)2-3-8(6)7/h2-3H2,1H3,(H,6,7)/p-1. The molecule has 0 aromatic carbocycles. The fourth-order valence-electron chi connectivity index (χ4n) is 0.227. The van der Waals surface area contributed by atoms with E-state index in [0.29, 0.717) is 0 Å². The molecule has 0 aliphatic carbocycles. The van der Waals surface area contributed by atoms with Crippen LogP contribution in [0.5, 0.6) is 0 Å². The maximum atomic E-state index is 10.1. The third kappa shape index (κ3) is 5.78. The molecule has 8 heavy (non-hydrogen) atoms. The Hall–Kier alpha value is -0.220. The topological polar surface area (TPSA) is 57.2 Å². The zero-order chi connectivity index (χ0) is 6.57. The van der Waals surface area contributed by atoms with Crippen LogP contribution in [0.1, 0.15) is 13.3 Å². The molecule has 0 aromatic rings. The lowest BCUT2D eigenvalue weighted by Crippen LogP contribution is -2.00. The van der Waals surface area contributed by atoms with Crippen LogP contribution in [0.3, 0.4) is 0 Å². The second-order valence-electron chi connectivity index (χ2n) is 1.46. The van der Waals surface area contributed by atoms with Crippen LogP contribution < -0.4 is 0 Å². The summed E-state index contributed by atoms with van der Waals surface area (Å²) in [6, 6.07) is 0. The van der Waals surface area contributed by atoms with Gasteiger partial charge in [-0.15, -0.1) is 0 Å². The molecule has 0 aliphatic rings. The highest BCUT2D eigenvalue weighted by molar-refractivity contribution is 7.79. The molecule has 0 amide bonds. The van der Waals surface area contributed by atoms with Gasteiger partial charge in [0.1, 0.15) is 5.78 Å². The Morgan fingerprint density at radius 3 is 2.38 bits per heavy atom. The minimum absolute atomic E-state index is 0.0463. The van der Waals surface area contributed by atoms with Gasteiger partial charge in [0.15, 0.2) is 0 Å². The van der Waals surface area contributed by atoms with Crippen molar-refractivity contribution in [3.05, 3.63) is 0 Å². The molecule has 0 aliphatic heterocycles. The molecule has 0 N–H and O–H groups in total. The van der Waals surface area contributed by atoms with E-state index < -0.39 is 11.1 Å². The minimum atomic E-state index is -2.06. The van der Waals surface area contributed by atoms with Crippen LogP contribution in [0.15, 0.2) is 0 Å². The van der Waals surface area contributed by atoms with E-state index in [0.717, 1.165) is 0 Å². The summed E-state index contributed by atoms with van der Waals surface area (Å²) < 4.78 is 19.5. The smallest absolute Gasteiger partial charge is 0.130 e. The van der Waals surface area contributed by atoms with Gasteiger partial charge in [-0.05, 0) is 6.92 Å². The molecule has 3 nitrogen and oxygen atoms in total. The average molecular weight is 135 g/mol. The molecule has 1 atom stereocenters. The lowest BCUT2D eigenvalue weighted by Gasteiger charge is -1.99. The number of carbonyl (C=O) groups is 1. The number of Topliss-reactive ketones (excluding diaryl/α,β-unsaturated/α-hetero) is 1. The van der Waals surface area contributed by atoms with Gasteiger partial charge in [0.25, 0.3) is 0 Å². The predicted molar refractivity (Wildman–Crippen MR) is 29.1 cm³/mol. The Morgan fingerprint density at radius 2 is 2.25 bits per heavy atom. The van der Waals surface area contributed by atoms with Gasteiger partial charge in [0.05, 0.1) is 0 Å². The van der Waals surface area contributed by atoms with Crippen LogP contribution in [0, 0.1) is 0 Å². The minimum Gasteiger partial charge on any atom is -0.772 e. The number of rotatable bonds is 3. The van der Waals surface area contributed by atoms with Crippen molar-refractivity contribution in [2.24, 2.45) is 0 Å². The van der Waals surface area contributed by atoms with Crippen molar-refractivity contribution in [3.8, 4) is 0 Å². The summed E-state index contributed by atoms with van der Waals surface area (Å²) in [5.74, 6) is -0.135. The SMILES string of the molecule is CC(=O)CCS(=O)[O-]. The van der Waals surface area contributed by atoms with E-state index in [1.165, 1.54) is 6.92 Å². The molecular weight excluding hydrogens is 128 g/mol. The van der Waals surface area contributed by atoms with Crippen molar-refractivity contribution in [2.45, 2.75) is 13.3 Å². The third-order valence-electron chi connectivity index (χ3n) is 0.621. The van der Waals surface area contributed by atoms with Gasteiger partial charge in [-0.3, -0.25) is 9.00 Å². The molecule has 0 bridgehead atoms. The van der Waals surface area contributed by atoms with Crippen LogP contribution in [0.25, 0.3) is 0 Å². The van der Waals surface area contributed by atoms with Crippen molar-refractivity contribution in [1.29, 1.82) is 0 Å². The maximum Gasteiger partial charge on any atom is 0.130 e. The van der Waals surface area contributed by atoms with Crippen molar-refractivity contribution < 1.29 is 13.6 Å². The van der Waals surface area contributed by atoms with E-state index in [1.807, 2.05) is 0 Å². The highest BCUT2D eigenvalue weighted by atomic mass is 32.2. The summed E-state index contributed by atoms with van der Waals surface area (Å²) in [6.07, 6.45) is 0.135. The molecule has 0 radical (unpaired) electrons. The summed E-state index contributed by atoms with van der Waals surface area (Å²) >= 11 is -2.06. The molecule has 1 unspecified atom stereocenters. The second kappa shape index (κ2) is 3.74. The fraction of sp³-hybridized carbons (Fsp3) is 0.750. The molecule has 0 saturated carbocycles. The van der Waals surface area contributed by atoms with Gasteiger partial charge < -0.3 is 4.55 Å². The van der Waals surface area contributed by atoms with E-state index in [-0.39, 0.29) is 18.0 Å². The summed E-state index contributed by atoms with van der Waals surface area (Å²) in [5.41, 5.74) is 0. The Kier molecular flexibility index (Phi) is 3.64. The Morgan fingerprint density at radius 1 is 1.75 bits per heavy atom.